The average molecular weight is 291 g/mol. The Bertz CT molecular complexity index is 378. The highest BCUT2D eigenvalue weighted by Crippen LogP contribution is 2.12. The number of hydrogen-bond donors (Lipinski definition) is 2. The van der Waals surface area contributed by atoms with E-state index in [2.05, 4.69) is 12.2 Å². The maximum absolute atomic E-state index is 11.7. The number of rotatable bonds is 11. The van der Waals surface area contributed by atoms with Crippen molar-refractivity contribution in [3.8, 4) is 0 Å². The van der Waals surface area contributed by atoms with E-state index >= 15 is 0 Å². The van der Waals surface area contributed by atoms with Gasteiger partial charge < -0.3 is 10.4 Å². The molecule has 1 atom stereocenters. The molecule has 0 aliphatic carbocycles. The number of amides is 1. The minimum Gasteiger partial charge on any atom is -0.393 e. The minimum absolute atomic E-state index is 0.0244. The van der Waals surface area contributed by atoms with Gasteiger partial charge in [0.25, 0.3) is 0 Å². The maximum atomic E-state index is 11.7. The zero-order chi connectivity index (χ0) is 15.3. The fourth-order valence-electron chi connectivity index (χ4n) is 2.37. The van der Waals surface area contributed by atoms with Gasteiger partial charge in [-0.05, 0) is 31.4 Å². The van der Waals surface area contributed by atoms with Crippen molar-refractivity contribution in [2.45, 2.75) is 70.8 Å². The molecule has 0 heterocycles. The third-order valence-corrected chi connectivity index (χ3v) is 3.64. The Hall–Kier alpha value is -1.35. The van der Waals surface area contributed by atoms with Gasteiger partial charge in [0.15, 0.2) is 0 Å². The summed E-state index contributed by atoms with van der Waals surface area (Å²) in [5.41, 5.74) is 0.832. The van der Waals surface area contributed by atoms with E-state index in [1.807, 2.05) is 30.3 Å². The molecule has 0 saturated carbocycles. The number of carbonyl (C=O) groups excluding carboxylic acids is 1. The molecule has 0 aliphatic rings. The van der Waals surface area contributed by atoms with Gasteiger partial charge in [-0.2, -0.15) is 0 Å². The number of benzene rings is 1. The molecule has 0 spiro atoms. The van der Waals surface area contributed by atoms with E-state index in [4.69, 9.17) is 0 Å². The van der Waals surface area contributed by atoms with Gasteiger partial charge in [-0.25, -0.2) is 0 Å². The van der Waals surface area contributed by atoms with Crippen molar-refractivity contribution in [2.24, 2.45) is 0 Å². The second-order valence-electron chi connectivity index (χ2n) is 5.66. The molecule has 0 unspecified atom stereocenters. The number of aliphatic hydroxyl groups excluding tert-OH is 1. The van der Waals surface area contributed by atoms with E-state index in [0.717, 1.165) is 31.4 Å². The summed E-state index contributed by atoms with van der Waals surface area (Å²) in [7, 11) is 0. The summed E-state index contributed by atoms with van der Waals surface area (Å²) >= 11 is 0. The molecular weight excluding hydrogens is 262 g/mol. The molecule has 2 N–H and O–H groups in total. The first-order valence-corrected chi connectivity index (χ1v) is 8.25. The molecule has 0 bridgehead atoms. The lowest BCUT2D eigenvalue weighted by Crippen LogP contribution is -2.13. The van der Waals surface area contributed by atoms with Gasteiger partial charge in [0.05, 0.1) is 6.10 Å². The molecule has 3 heteroatoms. The van der Waals surface area contributed by atoms with E-state index in [9.17, 15) is 9.90 Å². The van der Waals surface area contributed by atoms with Gasteiger partial charge in [0, 0.05) is 12.1 Å². The van der Waals surface area contributed by atoms with E-state index in [1.165, 1.54) is 25.7 Å². The van der Waals surface area contributed by atoms with Crippen LogP contribution in [0.15, 0.2) is 30.3 Å². The predicted octanol–water partition coefficient (Wildman–Crippen LogP) is 4.52. The first-order chi connectivity index (χ1) is 10.2. The number of aliphatic hydroxyl groups is 1. The summed E-state index contributed by atoms with van der Waals surface area (Å²) < 4.78 is 0. The quantitative estimate of drug-likeness (QED) is 0.589. The number of anilines is 1. The standard InChI is InChI=1S/C18H29NO2/c1-2-3-4-5-9-13-17(20)14-10-15-18(21)19-16-11-7-6-8-12-16/h6-8,11-12,17,20H,2-5,9-10,13-15H2,1H3,(H,19,21)/t17-/m0/s1. The number of carbonyl (C=O) groups is 1. The number of unbranched alkanes of at least 4 members (excludes halogenated alkanes) is 4. The Morgan fingerprint density at radius 3 is 2.43 bits per heavy atom. The molecule has 21 heavy (non-hydrogen) atoms. The zero-order valence-corrected chi connectivity index (χ0v) is 13.2. The smallest absolute Gasteiger partial charge is 0.224 e. The van der Waals surface area contributed by atoms with Crippen LogP contribution in [-0.2, 0) is 4.79 Å². The Kier molecular flexibility index (Phi) is 9.55. The summed E-state index contributed by atoms with van der Waals surface area (Å²) in [4.78, 5) is 11.7. The molecule has 0 radical (unpaired) electrons. The zero-order valence-electron chi connectivity index (χ0n) is 13.2. The van der Waals surface area contributed by atoms with Crippen molar-refractivity contribution in [3.05, 3.63) is 30.3 Å². The third kappa shape index (κ3) is 9.24. The summed E-state index contributed by atoms with van der Waals surface area (Å²) in [6.45, 7) is 2.20. The monoisotopic (exact) mass is 291 g/mol. The first kappa shape index (κ1) is 17.7. The molecule has 3 nitrogen and oxygen atoms in total. The van der Waals surface area contributed by atoms with Crippen molar-refractivity contribution in [1.82, 2.24) is 0 Å². The molecule has 0 fully saturated rings. The molecule has 1 aromatic carbocycles. The average Bonchev–Trinajstić information content (AvgIpc) is 2.48. The molecule has 1 amide bonds. The van der Waals surface area contributed by atoms with Crippen LogP contribution >= 0.6 is 0 Å². The fraction of sp³-hybridized carbons (Fsp3) is 0.611. The number of nitrogens with one attached hydrogen (secondary N) is 1. The normalized spacial score (nSPS) is 12.1. The molecule has 118 valence electrons. The van der Waals surface area contributed by atoms with Crippen LogP contribution in [0.5, 0.6) is 0 Å². The van der Waals surface area contributed by atoms with Crippen LogP contribution in [-0.4, -0.2) is 17.1 Å². The lowest BCUT2D eigenvalue weighted by Gasteiger charge is -2.10. The van der Waals surface area contributed by atoms with Crippen LogP contribution in [0.1, 0.15) is 64.7 Å². The largest absolute Gasteiger partial charge is 0.393 e. The van der Waals surface area contributed by atoms with Crippen LogP contribution in [0, 0.1) is 0 Å². The van der Waals surface area contributed by atoms with Crippen molar-refractivity contribution in [2.75, 3.05) is 5.32 Å². The van der Waals surface area contributed by atoms with Crippen LogP contribution in [0.3, 0.4) is 0 Å². The van der Waals surface area contributed by atoms with Gasteiger partial charge in [-0.3, -0.25) is 4.79 Å². The Morgan fingerprint density at radius 1 is 1.05 bits per heavy atom. The number of para-hydroxylation sites is 1. The summed E-state index contributed by atoms with van der Waals surface area (Å²) in [6.07, 6.45) is 8.65. The van der Waals surface area contributed by atoms with Crippen LogP contribution in [0.4, 0.5) is 5.69 Å². The van der Waals surface area contributed by atoms with Crippen LogP contribution in [0.2, 0.25) is 0 Å². The maximum Gasteiger partial charge on any atom is 0.224 e. The first-order valence-electron chi connectivity index (χ1n) is 8.25. The fourth-order valence-corrected chi connectivity index (χ4v) is 2.37. The van der Waals surface area contributed by atoms with Gasteiger partial charge in [-0.15, -0.1) is 0 Å². The lowest BCUT2D eigenvalue weighted by molar-refractivity contribution is -0.116. The van der Waals surface area contributed by atoms with Crippen molar-refractivity contribution in [1.29, 1.82) is 0 Å². The van der Waals surface area contributed by atoms with Crippen molar-refractivity contribution < 1.29 is 9.90 Å². The second-order valence-corrected chi connectivity index (χ2v) is 5.66. The highest BCUT2D eigenvalue weighted by molar-refractivity contribution is 5.90. The highest BCUT2D eigenvalue weighted by Gasteiger charge is 2.07. The third-order valence-electron chi connectivity index (χ3n) is 3.64. The van der Waals surface area contributed by atoms with Crippen LogP contribution < -0.4 is 5.32 Å². The van der Waals surface area contributed by atoms with Gasteiger partial charge in [0.1, 0.15) is 0 Å². The molecular formula is C18H29NO2. The summed E-state index contributed by atoms with van der Waals surface area (Å²) in [6, 6.07) is 9.48. The summed E-state index contributed by atoms with van der Waals surface area (Å²) in [5, 5.41) is 12.7. The molecule has 1 rings (SSSR count). The lowest BCUT2D eigenvalue weighted by atomic mass is 10.0. The topological polar surface area (TPSA) is 49.3 Å². The van der Waals surface area contributed by atoms with Gasteiger partial charge >= 0.3 is 0 Å². The van der Waals surface area contributed by atoms with Gasteiger partial charge in [-0.1, -0.05) is 57.2 Å². The molecule has 0 saturated heterocycles. The second kappa shape index (κ2) is 11.3. The minimum atomic E-state index is -0.254. The summed E-state index contributed by atoms with van der Waals surface area (Å²) in [5.74, 6) is 0.0244. The predicted molar refractivity (Wildman–Crippen MR) is 88.3 cm³/mol. The number of hydrogen-bond acceptors (Lipinski definition) is 2. The highest BCUT2D eigenvalue weighted by atomic mass is 16.3. The Balaban J connectivity index is 2.03. The van der Waals surface area contributed by atoms with Crippen molar-refractivity contribution >= 4 is 11.6 Å². The van der Waals surface area contributed by atoms with E-state index < -0.39 is 0 Å². The van der Waals surface area contributed by atoms with Crippen LogP contribution in [0.25, 0.3) is 0 Å². The van der Waals surface area contributed by atoms with Crippen molar-refractivity contribution in [3.63, 3.8) is 0 Å². The molecule has 0 aromatic heterocycles. The van der Waals surface area contributed by atoms with E-state index in [-0.39, 0.29) is 12.0 Å². The molecule has 0 aliphatic heterocycles. The Labute approximate surface area is 128 Å². The van der Waals surface area contributed by atoms with E-state index in [0.29, 0.717) is 6.42 Å². The Morgan fingerprint density at radius 2 is 1.71 bits per heavy atom. The molecule has 1 aromatic rings. The van der Waals surface area contributed by atoms with Gasteiger partial charge in [0.2, 0.25) is 5.91 Å². The van der Waals surface area contributed by atoms with E-state index in [1.54, 1.807) is 0 Å². The SMILES string of the molecule is CCCCCCC[C@H](O)CCCC(=O)Nc1ccccc1.